The lowest BCUT2D eigenvalue weighted by Gasteiger charge is -2.43. The lowest BCUT2D eigenvalue weighted by molar-refractivity contribution is -0.141. The Bertz CT molecular complexity index is 462. The molecule has 138 valence electrons. The van der Waals surface area contributed by atoms with Crippen LogP contribution in [0.1, 0.15) is 60.3 Å². The first-order valence-electron chi connectivity index (χ1n) is 9.55. The van der Waals surface area contributed by atoms with Crippen LogP contribution < -0.4 is 5.32 Å². The second kappa shape index (κ2) is 7.85. The standard InChI is InChI=1S/C19H35N3O2/c1-14(2)18(24)22-11-7-9-16(22)17(23)20-13-19(4,5)21-10-6-8-15(3)12-21/h14-16H,6-13H2,1-5H3,(H,20,23)/t15-,16+/m0/s1. The molecule has 1 N–H and O–H groups in total. The van der Waals surface area contributed by atoms with Gasteiger partial charge in [0.2, 0.25) is 11.8 Å². The van der Waals surface area contributed by atoms with Gasteiger partial charge >= 0.3 is 0 Å². The minimum Gasteiger partial charge on any atom is -0.352 e. The minimum atomic E-state index is -0.282. The molecular weight excluding hydrogens is 302 g/mol. The first kappa shape index (κ1) is 19.2. The molecule has 0 spiro atoms. The summed E-state index contributed by atoms with van der Waals surface area (Å²) < 4.78 is 0. The Balaban J connectivity index is 1.90. The first-order valence-corrected chi connectivity index (χ1v) is 9.55. The van der Waals surface area contributed by atoms with Crippen LogP contribution in [0.25, 0.3) is 0 Å². The number of carbonyl (C=O) groups excluding carboxylic acids is 2. The summed E-state index contributed by atoms with van der Waals surface area (Å²) >= 11 is 0. The third-order valence-electron chi connectivity index (χ3n) is 5.54. The summed E-state index contributed by atoms with van der Waals surface area (Å²) in [6, 6.07) is -0.282. The van der Waals surface area contributed by atoms with E-state index in [-0.39, 0.29) is 29.3 Å². The van der Waals surface area contributed by atoms with Gasteiger partial charge in [-0.15, -0.1) is 0 Å². The summed E-state index contributed by atoms with van der Waals surface area (Å²) in [4.78, 5) is 29.2. The lowest BCUT2D eigenvalue weighted by atomic mass is 9.93. The van der Waals surface area contributed by atoms with Crippen LogP contribution in [-0.2, 0) is 9.59 Å². The molecule has 2 aliphatic rings. The van der Waals surface area contributed by atoms with Crippen molar-refractivity contribution in [3.05, 3.63) is 0 Å². The summed E-state index contributed by atoms with van der Waals surface area (Å²) in [5.74, 6) is 0.781. The molecule has 5 heteroatoms. The second-order valence-electron chi connectivity index (χ2n) is 8.57. The Labute approximate surface area is 147 Å². The van der Waals surface area contributed by atoms with E-state index >= 15 is 0 Å². The van der Waals surface area contributed by atoms with Gasteiger partial charge in [0.25, 0.3) is 0 Å². The molecule has 0 saturated carbocycles. The van der Waals surface area contributed by atoms with Crippen molar-refractivity contribution in [1.82, 2.24) is 15.1 Å². The van der Waals surface area contributed by atoms with Gasteiger partial charge in [0.05, 0.1) is 0 Å². The second-order valence-corrected chi connectivity index (χ2v) is 8.57. The zero-order valence-electron chi connectivity index (χ0n) is 16.1. The number of hydrogen-bond acceptors (Lipinski definition) is 3. The number of piperidine rings is 1. The number of likely N-dealkylation sites (tertiary alicyclic amines) is 2. The molecule has 0 aromatic heterocycles. The fourth-order valence-corrected chi connectivity index (χ4v) is 3.91. The van der Waals surface area contributed by atoms with E-state index in [1.54, 1.807) is 4.90 Å². The summed E-state index contributed by atoms with van der Waals surface area (Å²) in [6.45, 7) is 14.1. The molecule has 0 aromatic rings. The van der Waals surface area contributed by atoms with E-state index in [9.17, 15) is 9.59 Å². The van der Waals surface area contributed by atoms with Gasteiger partial charge in [0.15, 0.2) is 0 Å². The van der Waals surface area contributed by atoms with Crippen molar-refractivity contribution in [2.24, 2.45) is 11.8 Å². The molecule has 2 amide bonds. The predicted octanol–water partition coefficient (Wildman–Crippen LogP) is 2.26. The van der Waals surface area contributed by atoms with E-state index in [0.717, 1.165) is 31.8 Å². The van der Waals surface area contributed by atoms with Crippen LogP contribution in [0.2, 0.25) is 0 Å². The quantitative estimate of drug-likeness (QED) is 0.837. The average molecular weight is 338 g/mol. The van der Waals surface area contributed by atoms with Crippen molar-refractivity contribution in [3.63, 3.8) is 0 Å². The molecule has 2 saturated heterocycles. The smallest absolute Gasteiger partial charge is 0.242 e. The maximum atomic E-state index is 12.7. The van der Waals surface area contributed by atoms with E-state index < -0.39 is 0 Å². The first-order chi connectivity index (χ1) is 11.2. The molecule has 2 atom stereocenters. The zero-order valence-corrected chi connectivity index (χ0v) is 16.1. The zero-order chi connectivity index (χ0) is 17.9. The molecule has 2 aliphatic heterocycles. The van der Waals surface area contributed by atoms with Crippen LogP contribution in [0.5, 0.6) is 0 Å². The molecule has 24 heavy (non-hydrogen) atoms. The largest absolute Gasteiger partial charge is 0.352 e. The Kier molecular flexibility index (Phi) is 6.29. The summed E-state index contributed by atoms with van der Waals surface area (Å²) in [5, 5.41) is 3.13. The highest BCUT2D eigenvalue weighted by atomic mass is 16.2. The molecule has 0 unspecified atom stereocenters. The van der Waals surface area contributed by atoms with Gasteiger partial charge in [-0.2, -0.15) is 0 Å². The monoisotopic (exact) mass is 337 g/mol. The molecule has 2 rings (SSSR count). The average Bonchev–Trinajstić information content (AvgIpc) is 3.01. The van der Waals surface area contributed by atoms with E-state index in [2.05, 4.69) is 31.0 Å². The number of nitrogens with one attached hydrogen (secondary N) is 1. The van der Waals surface area contributed by atoms with E-state index in [4.69, 9.17) is 0 Å². The van der Waals surface area contributed by atoms with Gasteiger partial charge in [-0.25, -0.2) is 0 Å². The van der Waals surface area contributed by atoms with Gasteiger partial charge in [-0.3, -0.25) is 14.5 Å². The Hall–Kier alpha value is -1.10. The van der Waals surface area contributed by atoms with Crippen molar-refractivity contribution >= 4 is 11.8 Å². The number of amides is 2. The number of hydrogen-bond donors (Lipinski definition) is 1. The van der Waals surface area contributed by atoms with Crippen LogP contribution >= 0.6 is 0 Å². The van der Waals surface area contributed by atoms with Crippen molar-refractivity contribution in [3.8, 4) is 0 Å². The Morgan fingerprint density at radius 2 is 1.83 bits per heavy atom. The highest BCUT2D eigenvalue weighted by Crippen LogP contribution is 2.24. The van der Waals surface area contributed by atoms with E-state index in [0.29, 0.717) is 13.1 Å². The fraction of sp³-hybridized carbons (Fsp3) is 0.895. The van der Waals surface area contributed by atoms with Crippen LogP contribution in [0, 0.1) is 11.8 Å². The minimum absolute atomic E-state index is 0.0135. The topological polar surface area (TPSA) is 52.7 Å². The molecule has 5 nitrogen and oxygen atoms in total. The van der Waals surface area contributed by atoms with Gasteiger partial charge in [0, 0.05) is 31.1 Å². The lowest BCUT2D eigenvalue weighted by Crippen LogP contribution is -2.56. The van der Waals surface area contributed by atoms with E-state index in [1.165, 1.54) is 12.8 Å². The molecule has 2 fully saturated rings. The third-order valence-corrected chi connectivity index (χ3v) is 5.54. The van der Waals surface area contributed by atoms with Crippen molar-refractivity contribution in [1.29, 1.82) is 0 Å². The van der Waals surface area contributed by atoms with Gasteiger partial charge < -0.3 is 10.2 Å². The highest BCUT2D eigenvalue weighted by Gasteiger charge is 2.36. The van der Waals surface area contributed by atoms with E-state index in [1.807, 2.05) is 13.8 Å². The Morgan fingerprint density at radius 1 is 1.17 bits per heavy atom. The highest BCUT2D eigenvalue weighted by molar-refractivity contribution is 5.88. The molecule has 0 radical (unpaired) electrons. The van der Waals surface area contributed by atoms with Crippen LogP contribution in [-0.4, -0.2) is 59.4 Å². The van der Waals surface area contributed by atoms with Crippen LogP contribution in [0.4, 0.5) is 0 Å². The third kappa shape index (κ3) is 4.50. The molecule has 0 aliphatic carbocycles. The fourth-order valence-electron chi connectivity index (χ4n) is 3.91. The molecule has 2 heterocycles. The molecule has 0 bridgehead atoms. The number of rotatable bonds is 5. The van der Waals surface area contributed by atoms with Gasteiger partial charge in [0.1, 0.15) is 6.04 Å². The number of nitrogens with zero attached hydrogens (tertiary/aromatic N) is 2. The maximum absolute atomic E-state index is 12.7. The summed E-state index contributed by atoms with van der Waals surface area (Å²) in [6.07, 6.45) is 4.24. The summed E-state index contributed by atoms with van der Waals surface area (Å²) in [5.41, 5.74) is -0.0458. The van der Waals surface area contributed by atoms with Crippen LogP contribution in [0.3, 0.4) is 0 Å². The van der Waals surface area contributed by atoms with Gasteiger partial charge in [-0.05, 0) is 52.0 Å². The summed E-state index contributed by atoms with van der Waals surface area (Å²) in [7, 11) is 0. The SMILES string of the molecule is CC(C)C(=O)N1CCC[C@@H]1C(=O)NCC(C)(C)N1CCC[C@H](C)C1. The van der Waals surface area contributed by atoms with Crippen molar-refractivity contribution < 1.29 is 9.59 Å². The molecule has 0 aromatic carbocycles. The predicted molar refractivity (Wildman–Crippen MR) is 96.6 cm³/mol. The Morgan fingerprint density at radius 3 is 2.46 bits per heavy atom. The van der Waals surface area contributed by atoms with Crippen molar-refractivity contribution in [2.75, 3.05) is 26.2 Å². The maximum Gasteiger partial charge on any atom is 0.242 e. The van der Waals surface area contributed by atoms with Gasteiger partial charge in [-0.1, -0.05) is 20.8 Å². The van der Waals surface area contributed by atoms with Crippen LogP contribution in [0.15, 0.2) is 0 Å². The van der Waals surface area contributed by atoms with Crippen molar-refractivity contribution in [2.45, 2.75) is 71.9 Å². The number of carbonyl (C=O) groups is 2. The molecular formula is C19H35N3O2. The normalized spacial score (nSPS) is 26.0.